The van der Waals surface area contributed by atoms with E-state index in [1.807, 2.05) is 37.3 Å². The summed E-state index contributed by atoms with van der Waals surface area (Å²) in [6.45, 7) is 5.37. The molecule has 4 rings (SSSR count). The zero-order chi connectivity index (χ0) is 19.2. The Morgan fingerprint density at radius 2 is 1.74 bits per heavy atom. The van der Waals surface area contributed by atoms with E-state index in [-0.39, 0.29) is 4.90 Å². The van der Waals surface area contributed by atoms with Crippen molar-refractivity contribution in [2.24, 2.45) is 0 Å². The van der Waals surface area contributed by atoms with E-state index >= 15 is 0 Å². The van der Waals surface area contributed by atoms with Gasteiger partial charge >= 0.3 is 0 Å². The summed E-state index contributed by atoms with van der Waals surface area (Å²) in [5, 5.41) is 6.64. The molecule has 2 aromatic heterocycles. The van der Waals surface area contributed by atoms with Gasteiger partial charge in [-0.05, 0) is 62.7 Å². The lowest BCUT2D eigenvalue weighted by atomic mass is 10.2. The minimum absolute atomic E-state index is 0.180. The van der Waals surface area contributed by atoms with Crippen molar-refractivity contribution < 1.29 is 8.42 Å². The second-order valence-corrected chi connectivity index (χ2v) is 8.17. The minimum Gasteiger partial charge on any atom is -0.338 e. The fourth-order valence-corrected chi connectivity index (χ4v) is 4.53. The van der Waals surface area contributed by atoms with Crippen LogP contribution in [0.15, 0.2) is 47.4 Å². The lowest BCUT2D eigenvalue weighted by Crippen LogP contribution is -2.14. The summed E-state index contributed by atoms with van der Waals surface area (Å²) in [6, 6.07) is 13.1. The smallest absolute Gasteiger partial charge is 0.265 e. The molecule has 27 heavy (non-hydrogen) atoms. The maximum atomic E-state index is 12.6. The van der Waals surface area contributed by atoms with Crippen molar-refractivity contribution in [2.45, 2.75) is 25.7 Å². The van der Waals surface area contributed by atoms with E-state index in [2.05, 4.69) is 24.9 Å². The number of sulfonamides is 1. The molecule has 2 heterocycles. The van der Waals surface area contributed by atoms with E-state index in [1.54, 1.807) is 26.0 Å². The summed E-state index contributed by atoms with van der Waals surface area (Å²) in [5.74, 6) is 0.742. The normalized spacial score (nSPS) is 11.8. The Balaban J connectivity index is 1.62. The van der Waals surface area contributed by atoms with E-state index in [0.29, 0.717) is 17.1 Å². The van der Waals surface area contributed by atoms with Gasteiger partial charge in [-0.1, -0.05) is 6.07 Å². The molecule has 0 aliphatic rings. The molecule has 138 valence electrons. The number of aromatic nitrogens is 4. The highest BCUT2D eigenvalue weighted by Crippen LogP contribution is 2.25. The van der Waals surface area contributed by atoms with E-state index in [4.69, 9.17) is 0 Å². The standard InChI is InChI=1S/C19H19N5O2S/c1-11-4-9-16-17(10-11)21-19(20-16)14-5-7-15(8-6-14)24-27(25,26)18-12(2)22-23-13(18)3/h4-10,24H,1-3H3,(H,20,21)(H,22,23). The quantitative estimate of drug-likeness (QED) is 0.502. The zero-order valence-electron chi connectivity index (χ0n) is 15.2. The van der Waals surface area contributed by atoms with E-state index < -0.39 is 10.0 Å². The van der Waals surface area contributed by atoms with Crippen LogP contribution < -0.4 is 4.72 Å². The van der Waals surface area contributed by atoms with Crippen LogP contribution in [0.1, 0.15) is 17.0 Å². The van der Waals surface area contributed by atoms with Gasteiger partial charge in [0.2, 0.25) is 0 Å². The third-order valence-corrected chi connectivity index (χ3v) is 6.02. The van der Waals surface area contributed by atoms with Gasteiger partial charge in [-0.2, -0.15) is 5.10 Å². The van der Waals surface area contributed by atoms with Crippen molar-refractivity contribution in [1.82, 2.24) is 20.2 Å². The minimum atomic E-state index is -3.70. The molecular formula is C19H19N5O2S. The molecule has 2 aromatic carbocycles. The van der Waals surface area contributed by atoms with Gasteiger partial charge in [0.1, 0.15) is 10.7 Å². The van der Waals surface area contributed by atoms with Crippen LogP contribution in [-0.2, 0) is 10.0 Å². The van der Waals surface area contributed by atoms with Crippen LogP contribution in [0.4, 0.5) is 5.69 Å². The van der Waals surface area contributed by atoms with Gasteiger partial charge in [0.25, 0.3) is 10.0 Å². The predicted molar refractivity (Wildman–Crippen MR) is 105 cm³/mol. The Labute approximate surface area is 156 Å². The van der Waals surface area contributed by atoms with Crippen molar-refractivity contribution in [1.29, 1.82) is 0 Å². The van der Waals surface area contributed by atoms with Gasteiger partial charge in [0, 0.05) is 11.3 Å². The summed E-state index contributed by atoms with van der Waals surface area (Å²) in [5.41, 5.74) is 5.33. The number of H-pyrrole nitrogens is 2. The largest absolute Gasteiger partial charge is 0.338 e. The third-order valence-electron chi connectivity index (χ3n) is 4.38. The molecule has 0 bridgehead atoms. The summed E-state index contributed by atoms with van der Waals surface area (Å²) in [7, 11) is -3.70. The van der Waals surface area contributed by atoms with Gasteiger partial charge in [-0.3, -0.25) is 9.82 Å². The number of imidazole rings is 1. The topological polar surface area (TPSA) is 104 Å². The first-order valence-electron chi connectivity index (χ1n) is 8.45. The Kier molecular flexibility index (Phi) is 4.00. The monoisotopic (exact) mass is 381 g/mol. The number of hydrogen-bond donors (Lipinski definition) is 3. The lowest BCUT2D eigenvalue weighted by molar-refractivity contribution is 0.600. The van der Waals surface area contributed by atoms with Crippen molar-refractivity contribution in [2.75, 3.05) is 4.72 Å². The molecule has 0 saturated heterocycles. The second kappa shape index (κ2) is 6.24. The highest BCUT2D eigenvalue weighted by atomic mass is 32.2. The predicted octanol–water partition coefficient (Wildman–Crippen LogP) is 3.68. The van der Waals surface area contributed by atoms with Crippen LogP contribution in [0.3, 0.4) is 0 Å². The highest BCUT2D eigenvalue weighted by molar-refractivity contribution is 7.92. The average molecular weight is 381 g/mol. The zero-order valence-corrected chi connectivity index (χ0v) is 16.0. The molecule has 0 fully saturated rings. The van der Waals surface area contributed by atoms with Crippen molar-refractivity contribution in [3.8, 4) is 11.4 Å². The number of fused-ring (bicyclic) bond motifs is 1. The first-order chi connectivity index (χ1) is 12.8. The van der Waals surface area contributed by atoms with Crippen LogP contribution in [0.2, 0.25) is 0 Å². The van der Waals surface area contributed by atoms with Crippen LogP contribution in [0.25, 0.3) is 22.4 Å². The summed E-state index contributed by atoms with van der Waals surface area (Å²) >= 11 is 0. The average Bonchev–Trinajstić information content (AvgIpc) is 3.18. The molecule has 8 heteroatoms. The number of rotatable bonds is 4. The number of benzene rings is 2. The molecule has 0 amide bonds. The summed E-state index contributed by atoms with van der Waals surface area (Å²) in [4.78, 5) is 8.06. The first-order valence-corrected chi connectivity index (χ1v) is 9.93. The Hall–Kier alpha value is -3.13. The van der Waals surface area contributed by atoms with Gasteiger partial charge in [-0.15, -0.1) is 0 Å². The summed E-state index contributed by atoms with van der Waals surface area (Å²) < 4.78 is 27.8. The van der Waals surface area contributed by atoms with Gasteiger partial charge < -0.3 is 4.98 Å². The molecule has 3 N–H and O–H groups in total. The number of anilines is 1. The fourth-order valence-electron chi connectivity index (χ4n) is 3.10. The van der Waals surface area contributed by atoms with Gasteiger partial charge in [0.05, 0.1) is 22.4 Å². The molecule has 0 spiro atoms. The summed E-state index contributed by atoms with van der Waals surface area (Å²) in [6.07, 6.45) is 0. The maximum Gasteiger partial charge on any atom is 0.265 e. The van der Waals surface area contributed by atoms with Crippen LogP contribution in [0.5, 0.6) is 0 Å². The number of aromatic amines is 2. The third kappa shape index (κ3) is 3.19. The first kappa shape index (κ1) is 17.3. The number of nitrogens with one attached hydrogen (secondary N) is 3. The van der Waals surface area contributed by atoms with Crippen molar-refractivity contribution in [3.63, 3.8) is 0 Å². The fraction of sp³-hybridized carbons (Fsp3) is 0.158. The van der Waals surface area contributed by atoms with E-state index in [1.165, 1.54) is 0 Å². The number of hydrogen-bond acceptors (Lipinski definition) is 4. The molecule has 0 saturated carbocycles. The van der Waals surface area contributed by atoms with Crippen molar-refractivity contribution in [3.05, 3.63) is 59.4 Å². The van der Waals surface area contributed by atoms with Crippen molar-refractivity contribution >= 4 is 26.7 Å². The van der Waals surface area contributed by atoms with Gasteiger partial charge in [0.15, 0.2) is 0 Å². The van der Waals surface area contributed by atoms with Crippen LogP contribution >= 0.6 is 0 Å². The highest BCUT2D eigenvalue weighted by Gasteiger charge is 2.22. The van der Waals surface area contributed by atoms with Gasteiger partial charge in [-0.25, -0.2) is 13.4 Å². The molecule has 7 nitrogen and oxygen atoms in total. The maximum absolute atomic E-state index is 12.6. The SMILES string of the molecule is Cc1ccc2nc(-c3ccc(NS(=O)(=O)c4c(C)n[nH]c4C)cc3)[nH]c2c1. The van der Waals surface area contributed by atoms with E-state index in [0.717, 1.165) is 28.0 Å². The van der Waals surface area contributed by atoms with E-state index in [9.17, 15) is 8.42 Å². The molecule has 0 aliphatic carbocycles. The molecule has 0 aliphatic heterocycles. The molecule has 4 aromatic rings. The second-order valence-electron chi connectivity index (χ2n) is 6.55. The number of nitrogens with zero attached hydrogens (tertiary/aromatic N) is 2. The lowest BCUT2D eigenvalue weighted by Gasteiger charge is -2.08. The Bertz CT molecular complexity index is 1220. The number of aryl methyl sites for hydroxylation is 3. The Morgan fingerprint density at radius 3 is 2.41 bits per heavy atom. The molecular weight excluding hydrogens is 362 g/mol. The van der Waals surface area contributed by atoms with Crippen LogP contribution in [0, 0.1) is 20.8 Å². The molecule has 0 atom stereocenters. The molecule has 0 unspecified atom stereocenters. The Morgan fingerprint density at radius 1 is 1.00 bits per heavy atom. The van der Waals surface area contributed by atoms with Crippen LogP contribution in [-0.4, -0.2) is 28.6 Å². The molecule has 0 radical (unpaired) electrons.